The Balaban J connectivity index is 1.47. The molecular formula is C32H24F3NO4. The first kappa shape index (κ1) is 26.7. The number of methoxy groups -OCH3 is 1. The summed E-state index contributed by atoms with van der Waals surface area (Å²) in [6.07, 6.45) is -3.04. The van der Waals surface area contributed by atoms with Crippen LogP contribution in [-0.2, 0) is 22.3 Å². The zero-order valence-electron chi connectivity index (χ0n) is 21.4. The van der Waals surface area contributed by atoms with Gasteiger partial charge >= 0.3 is 12.1 Å². The molecule has 0 saturated heterocycles. The number of aromatic nitrogens is 1. The minimum atomic E-state index is -4.54. The third kappa shape index (κ3) is 5.91. The Morgan fingerprint density at radius 3 is 2.25 bits per heavy atom. The Labute approximate surface area is 228 Å². The summed E-state index contributed by atoms with van der Waals surface area (Å²) in [5, 5.41) is 0.399. The van der Waals surface area contributed by atoms with E-state index < -0.39 is 17.7 Å². The van der Waals surface area contributed by atoms with Crippen LogP contribution in [0.5, 0.6) is 11.5 Å². The van der Waals surface area contributed by atoms with E-state index in [1.165, 1.54) is 19.4 Å². The van der Waals surface area contributed by atoms with Crippen molar-refractivity contribution < 1.29 is 32.2 Å². The Kier molecular flexibility index (Phi) is 7.68. The van der Waals surface area contributed by atoms with Gasteiger partial charge in [-0.15, -0.1) is 0 Å². The maximum Gasteiger partial charge on any atom is 0.418 e. The molecule has 4 aromatic carbocycles. The highest BCUT2D eigenvalue weighted by Crippen LogP contribution is 2.42. The number of esters is 1. The van der Waals surface area contributed by atoms with E-state index in [2.05, 4.69) is 9.72 Å². The SMILES string of the molecule is COC(=O)COc1ccc(COc2cccc(-c3c(-c4ccccc4)cnc4c(C(F)(F)F)cccc34)c2)cc1. The summed E-state index contributed by atoms with van der Waals surface area (Å²) in [7, 11) is 1.29. The number of pyridine rings is 1. The molecule has 5 rings (SSSR count). The fourth-order valence-corrected chi connectivity index (χ4v) is 4.39. The summed E-state index contributed by atoms with van der Waals surface area (Å²) in [5.74, 6) is 0.603. The van der Waals surface area contributed by atoms with E-state index in [4.69, 9.17) is 9.47 Å². The van der Waals surface area contributed by atoms with Crippen LogP contribution in [0.25, 0.3) is 33.2 Å². The molecule has 0 atom stereocenters. The Bertz CT molecular complexity index is 1630. The molecule has 0 fully saturated rings. The molecule has 5 nitrogen and oxygen atoms in total. The molecule has 0 bridgehead atoms. The van der Waals surface area contributed by atoms with Crippen molar-refractivity contribution in [1.82, 2.24) is 4.98 Å². The normalized spacial score (nSPS) is 11.3. The molecule has 0 amide bonds. The van der Waals surface area contributed by atoms with E-state index in [0.717, 1.165) is 17.2 Å². The maximum atomic E-state index is 13.8. The van der Waals surface area contributed by atoms with Crippen molar-refractivity contribution in [1.29, 1.82) is 0 Å². The lowest BCUT2D eigenvalue weighted by Crippen LogP contribution is -2.12. The van der Waals surface area contributed by atoms with Crippen LogP contribution < -0.4 is 9.47 Å². The maximum absolute atomic E-state index is 13.8. The molecule has 0 unspecified atom stereocenters. The van der Waals surface area contributed by atoms with Crippen LogP contribution >= 0.6 is 0 Å². The molecule has 0 radical (unpaired) electrons. The minimum Gasteiger partial charge on any atom is -0.489 e. The predicted molar refractivity (Wildman–Crippen MR) is 146 cm³/mol. The van der Waals surface area contributed by atoms with Gasteiger partial charge in [-0.2, -0.15) is 13.2 Å². The van der Waals surface area contributed by atoms with Gasteiger partial charge in [0.15, 0.2) is 6.61 Å². The van der Waals surface area contributed by atoms with Gasteiger partial charge in [-0.05, 0) is 47.0 Å². The number of hydrogen-bond donors (Lipinski definition) is 0. The summed E-state index contributed by atoms with van der Waals surface area (Å²) in [5.41, 5.74) is 2.87. The molecule has 8 heteroatoms. The number of ether oxygens (including phenoxy) is 3. The van der Waals surface area contributed by atoms with Crippen molar-refractivity contribution in [3.05, 3.63) is 114 Å². The molecule has 1 aromatic heterocycles. The highest BCUT2D eigenvalue weighted by Gasteiger charge is 2.33. The molecule has 0 N–H and O–H groups in total. The molecule has 0 aliphatic rings. The lowest BCUT2D eigenvalue weighted by Gasteiger charge is -2.17. The van der Waals surface area contributed by atoms with E-state index in [1.54, 1.807) is 24.3 Å². The standard InChI is InChI=1S/C32H24F3NO4/c1-38-29(37)20-40-24-15-13-21(14-16-24)19-39-25-10-5-9-23(17-25)30-26-11-6-12-28(32(33,34)35)31(26)36-18-27(30)22-7-3-2-4-8-22/h2-18H,19-20H2,1H3. The van der Waals surface area contributed by atoms with E-state index in [0.29, 0.717) is 33.6 Å². The molecule has 0 aliphatic carbocycles. The van der Waals surface area contributed by atoms with Gasteiger partial charge in [0, 0.05) is 22.7 Å². The molecule has 0 spiro atoms. The highest BCUT2D eigenvalue weighted by molar-refractivity contribution is 6.03. The van der Waals surface area contributed by atoms with Crippen molar-refractivity contribution in [2.24, 2.45) is 0 Å². The predicted octanol–water partition coefficient (Wildman–Crippen LogP) is 7.72. The van der Waals surface area contributed by atoms with Gasteiger partial charge in [0.1, 0.15) is 18.1 Å². The largest absolute Gasteiger partial charge is 0.489 e. The molecule has 202 valence electrons. The number of carbonyl (C=O) groups excluding carboxylic acids is 1. The average Bonchev–Trinajstić information content (AvgIpc) is 2.98. The number of para-hydroxylation sites is 1. The number of carbonyl (C=O) groups is 1. The molecule has 5 aromatic rings. The fourth-order valence-electron chi connectivity index (χ4n) is 4.39. The van der Waals surface area contributed by atoms with Crippen LogP contribution in [-0.4, -0.2) is 24.7 Å². The summed E-state index contributed by atoms with van der Waals surface area (Å²) in [6, 6.07) is 27.9. The van der Waals surface area contributed by atoms with Crippen molar-refractivity contribution in [3.63, 3.8) is 0 Å². The van der Waals surface area contributed by atoms with Gasteiger partial charge in [0.25, 0.3) is 0 Å². The first-order chi connectivity index (χ1) is 19.3. The minimum absolute atomic E-state index is 0.106. The highest BCUT2D eigenvalue weighted by atomic mass is 19.4. The van der Waals surface area contributed by atoms with Gasteiger partial charge in [0.05, 0.1) is 18.2 Å². The van der Waals surface area contributed by atoms with Crippen LogP contribution in [0.4, 0.5) is 13.2 Å². The summed E-state index contributed by atoms with van der Waals surface area (Å²) < 4.78 is 57.5. The number of rotatable bonds is 8. The average molecular weight is 544 g/mol. The van der Waals surface area contributed by atoms with Crippen molar-refractivity contribution in [2.45, 2.75) is 12.8 Å². The number of benzene rings is 4. The first-order valence-electron chi connectivity index (χ1n) is 12.4. The van der Waals surface area contributed by atoms with Gasteiger partial charge in [-0.25, -0.2) is 4.79 Å². The Morgan fingerprint density at radius 1 is 0.800 bits per heavy atom. The van der Waals surface area contributed by atoms with Crippen LogP contribution in [0.2, 0.25) is 0 Å². The molecule has 1 heterocycles. The lowest BCUT2D eigenvalue weighted by molar-refractivity contribution is -0.143. The lowest BCUT2D eigenvalue weighted by atomic mass is 9.91. The zero-order valence-corrected chi connectivity index (χ0v) is 21.4. The topological polar surface area (TPSA) is 57.7 Å². The van der Waals surface area contributed by atoms with Gasteiger partial charge in [-0.1, -0.05) is 66.7 Å². The van der Waals surface area contributed by atoms with Crippen LogP contribution in [0.15, 0.2) is 103 Å². The van der Waals surface area contributed by atoms with Crippen molar-refractivity contribution in [2.75, 3.05) is 13.7 Å². The van der Waals surface area contributed by atoms with Crippen molar-refractivity contribution in [3.8, 4) is 33.8 Å². The second kappa shape index (κ2) is 11.5. The quantitative estimate of drug-likeness (QED) is 0.188. The molecule has 40 heavy (non-hydrogen) atoms. The molecular weight excluding hydrogens is 519 g/mol. The fraction of sp³-hybridized carbons (Fsp3) is 0.125. The Morgan fingerprint density at radius 2 is 1.52 bits per heavy atom. The second-order valence-corrected chi connectivity index (χ2v) is 8.94. The van der Waals surface area contributed by atoms with Crippen LogP contribution in [0.3, 0.4) is 0 Å². The van der Waals surface area contributed by atoms with Crippen molar-refractivity contribution >= 4 is 16.9 Å². The van der Waals surface area contributed by atoms with Gasteiger partial charge in [0.2, 0.25) is 0 Å². The summed E-state index contributed by atoms with van der Waals surface area (Å²) >= 11 is 0. The number of hydrogen-bond acceptors (Lipinski definition) is 5. The van der Waals surface area contributed by atoms with Gasteiger partial charge in [-0.3, -0.25) is 4.98 Å². The first-order valence-corrected chi connectivity index (χ1v) is 12.4. The van der Waals surface area contributed by atoms with E-state index in [9.17, 15) is 18.0 Å². The van der Waals surface area contributed by atoms with Crippen LogP contribution in [0, 0.1) is 0 Å². The third-order valence-corrected chi connectivity index (χ3v) is 6.32. The Hall–Kier alpha value is -4.85. The van der Waals surface area contributed by atoms with E-state index in [1.807, 2.05) is 60.7 Å². The molecule has 0 saturated carbocycles. The molecule has 0 aliphatic heterocycles. The van der Waals surface area contributed by atoms with E-state index in [-0.39, 0.29) is 18.7 Å². The smallest absolute Gasteiger partial charge is 0.418 e. The summed E-state index contributed by atoms with van der Waals surface area (Å²) in [6.45, 7) is 0.0693. The summed E-state index contributed by atoms with van der Waals surface area (Å²) in [4.78, 5) is 15.5. The van der Waals surface area contributed by atoms with Gasteiger partial charge < -0.3 is 14.2 Å². The number of halogens is 3. The third-order valence-electron chi connectivity index (χ3n) is 6.32. The number of fused-ring (bicyclic) bond motifs is 1. The zero-order chi connectivity index (χ0) is 28.1. The monoisotopic (exact) mass is 543 g/mol. The van der Waals surface area contributed by atoms with E-state index >= 15 is 0 Å². The van der Waals surface area contributed by atoms with Crippen LogP contribution in [0.1, 0.15) is 11.1 Å². The number of nitrogens with zero attached hydrogens (tertiary/aromatic N) is 1. The number of alkyl halides is 3. The second-order valence-electron chi connectivity index (χ2n) is 8.94.